The summed E-state index contributed by atoms with van der Waals surface area (Å²) < 4.78 is 0. The molecular formula is C16H12ClN3OS2. The number of nitrogens with zero attached hydrogens (tertiary/aromatic N) is 2. The first-order valence-electron chi connectivity index (χ1n) is 6.77. The van der Waals surface area contributed by atoms with Crippen molar-refractivity contribution < 1.29 is 4.79 Å². The Kier molecular flexibility index (Phi) is 5.38. The molecule has 116 valence electrons. The predicted molar refractivity (Wildman–Crippen MR) is 97.6 cm³/mol. The van der Waals surface area contributed by atoms with Crippen LogP contribution in [-0.4, -0.2) is 23.0 Å². The van der Waals surface area contributed by atoms with Crippen LogP contribution in [0.4, 0.5) is 0 Å². The number of amidine groups is 1. The van der Waals surface area contributed by atoms with Gasteiger partial charge in [-0.1, -0.05) is 65.5 Å². The predicted octanol–water partition coefficient (Wildman–Crippen LogP) is 4.04. The van der Waals surface area contributed by atoms with Crippen LogP contribution in [0.2, 0.25) is 5.02 Å². The maximum atomic E-state index is 11.1. The Hall–Kier alpha value is -1.76. The third kappa shape index (κ3) is 4.37. The molecule has 7 heteroatoms. The number of benzene rings is 2. The van der Waals surface area contributed by atoms with Crippen molar-refractivity contribution in [3.63, 3.8) is 0 Å². The molecule has 0 spiro atoms. The summed E-state index contributed by atoms with van der Waals surface area (Å²) >= 11 is 9.14. The minimum atomic E-state index is -0.0429. The number of carbonyl (C=O) groups excluding carboxylic acids is 1. The van der Waals surface area contributed by atoms with Gasteiger partial charge in [-0.15, -0.1) is 5.10 Å². The van der Waals surface area contributed by atoms with E-state index in [4.69, 9.17) is 11.6 Å². The van der Waals surface area contributed by atoms with Gasteiger partial charge in [-0.05, 0) is 18.2 Å². The largest absolute Gasteiger partial charge is 0.303 e. The molecule has 2 aromatic carbocycles. The number of nitrogens with one attached hydrogen (secondary N) is 1. The second-order valence-corrected chi connectivity index (χ2v) is 7.01. The first-order chi connectivity index (χ1) is 11.2. The van der Waals surface area contributed by atoms with Crippen molar-refractivity contribution in [2.45, 2.75) is 9.79 Å². The van der Waals surface area contributed by atoms with Crippen LogP contribution in [0.25, 0.3) is 0 Å². The second kappa shape index (κ2) is 7.68. The molecule has 0 radical (unpaired) electrons. The fraction of sp³-hybridized carbons (Fsp3) is 0.0625. The number of hydrogen-bond acceptors (Lipinski definition) is 5. The number of carbonyl (C=O) groups is 1. The fourth-order valence-corrected chi connectivity index (χ4v) is 3.67. The molecule has 3 rings (SSSR count). The number of thioether (sulfide) groups is 1. The zero-order chi connectivity index (χ0) is 16.1. The van der Waals surface area contributed by atoms with Gasteiger partial charge < -0.3 is 5.32 Å². The molecule has 23 heavy (non-hydrogen) atoms. The summed E-state index contributed by atoms with van der Waals surface area (Å²) in [5.74, 6) is 0.353. The monoisotopic (exact) mass is 361 g/mol. The highest BCUT2D eigenvalue weighted by molar-refractivity contribution is 8.15. The van der Waals surface area contributed by atoms with Crippen LogP contribution in [0.1, 0.15) is 5.56 Å². The molecule has 1 saturated heterocycles. The molecule has 1 aliphatic rings. The van der Waals surface area contributed by atoms with E-state index in [1.54, 1.807) is 18.0 Å². The number of halogens is 1. The molecule has 4 nitrogen and oxygen atoms in total. The molecule has 1 heterocycles. The smallest absolute Gasteiger partial charge is 0.236 e. The minimum absolute atomic E-state index is 0.0429. The molecule has 1 fully saturated rings. The van der Waals surface area contributed by atoms with Crippen molar-refractivity contribution in [2.24, 2.45) is 10.2 Å². The first kappa shape index (κ1) is 16.1. The minimum Gasteiger partial charge on any atom is -0.303 e. The average molecular weight is 362 g/mol. The van der Waals surface area contributed by atoms with Crippen LogP contribution >= 0.6 is 35.1 Å². The van der Waals surface area contributed by atoms with Crippen LogP contribution in [0.15, 0.2) is 68.5 Å². The fourth-order valence-electron chi connectivity index (χ4n) is 1.85. The summed E-state index contributed by atoms with van der Waals surface area (Å²) in [6, 6.07) is 15.6. The standard InChI is InChI=1S/C16H12ClN3OS2/c17-12-6-2-4-8-14(12)23-13-7-3-1-5-11(13)9-18-20-16-19-15(21)10-22-16/h1-9H,10H2,(H,19,20,21). The Bertz CT molecular complexity index is 792. The zero-order valence-corrected chi connectivity index (χ0v) is 14.3. The highest BCUT2D eigenvalue weighted by atomic mass is 35.5. The van der Waals surface area contributed by atoms with E-state index < -0.39 is 0 Å². The van der Waals surface area contributed by atoms with E-state index in [1.165, 1.54) is 11.8 Å². The van der Waals surface area contributed by atoms with Crippen molar-refractivity contribution >= 4 is 52.4 Å². The summed E-state index contributed by atoms with van der Waals surface area (Å²) in [7, 11) is 0. The van der Waals surface area contributed by atoms with Gasteiger partial charge in [0.25, 0.3) is 0 Å². The van der Waals surface area contributed by atoms with Gasteiger partial charge in [0.2, 0.25) is 5.91 Å². The third-order valence-electron chi connectivity index (χ3n) is 2.91. The lowest BCUT2D eigenvalue weighted by Gasteiger charge is -2.06. The molecule has 0 bridgehead atoms. The van der Waals surface area contributed by atoms with Gasteiger partial charge in [-0.2, -0.15) is 5.10 Å². The number of amides is 1. The highest BCUT2D eigenvalue weighted by Crippen LogP contribution is 2.34. The molecule has 1 aliphatic heterocycles. The lowest BCUT2D eigenvalue weighted by atomic mass is 10.2. The summed E-state index contributed by atoms with van der Waals surface area (Å²) in [6.07, 6.45) is 1.68. The van der Waals surface area contributed by atoms with Gasteiger partial charge in [-0.25, -0.2) is 0 Å². The number of rotatable bonds is 4. The summed E-state index contributed by atoms with van der Waals surface area (Å²) in [6.45, 7) is 0. The van der Waals surface area contributed by atoms with Crippen molar-refractivity contribution in [1.29, 1.82) is 0 Å². The molecule has 0 unspecified atom stereocenters. The third-order valence-corrected chi connectivity index (χ3v) is 5.38. The van der Waals surface area contributed by atoms with E-state index >= 15 is 0 Å². The van der Waals surface area contributed by atoms with Crippen LogP contribution in [-0.2, 0) is 4.79 Å². The topological polar surface area (TPSA) is 53.8 Å². The SMILES string of the molecule is O=C1CSC(=NN=Cc2ccccc2Sc2ccccc2Cl)N1. The first-order valence-corrected chi connectivity index (χ1v) is 8.95. The van der Waals surface area contributed by atoms with Crippen molar-refractivity contribution in [1.82, 2.24) is 5.32 Å². The summed E-state index contributed by atoms with van der Waals surface area (Å²) in [4.78, 5) is 13.1. The molecule has 0 atom stereocenters. The van der Waals surface area contributed by atoms with Crippen molar-refractivity contribution in [3.8, 4) is 0 Å². The van der Waals surface area contributed by atoms with Gasteiger partial charge in [0, 0.05) is 15.4 Å². The van der Waals surface area contributed by atoms with Crippen LogP contribution in [0, 0.1) is 0 Å². The van der Waals surface area contributed by atoms with E-state index in [0.717, 1.165) is 20.4 Å². The molecule has 0 aliphatic carbocycles. The normalized spacial score (nSPS) is 16.2. The van der Waals surface area contributed by atoms with Crippen LogP contribution in [0.5, 0.6) is 0 Å². The molecule has 1 N–H and O–H groups in total. The zero-order valence-electron chi connectivity index (χ0n) is 11.9. The maximum Gasteiger partial charge on any atom is 0.236 e. The van der Waals surface area contributed by atoms with Crippen molar-refractivity contribution in [3.05, 3.63) is 59.1 Å². The van der Waals surface area contributed by atoms with Crippen molar-refractivity contribution in [2.75, 3.05) is 5.75 Å². The lowest BCUT2D eigenvalue weighted by Crippen LogP contribution is -2.19. The van der Waals surface area contributed by atoms with Gasteiger partial charge in [0.1, 0.15) is 0 Å². The Labute approximate surface area is 147 Å². The maximum absolute atomic E-state index is 11.1. The summed E-state index contributed by atoms with van der Waals surface area (Å²) in [5.41, 5.74) is 0.941. The van der Waals surface area contributed by atoms with Gasteiger partial charge >= 0.3 is 0 Å². The average Bonchev–Trinajstić information content (AvgIpc) is 2.97. The van der Waals surface area contributed by atoms with E-state index in [9.17, 15) is 4.79 Å². The highest BCUT2D eigenvalue weighted by Gasteiger charge is 2.15. The quantitative estimate of drug-likeness (QED) is 0.660. The molecule has 2 aromatic rings. The van der Waals surface area contributed by atoms with Crippen LogP contribution < -0.4 is 5.32 Å². The van der Waals surface area contributed by atoms with Gasteiger partial charge in [0.15, 0.2) is 5.17 Å². The van der Waals surface area contributed by atoms with E-state index in [-0.39, 0.29) is 5.91 Å². The molecule has 0 aromatic heterocycles. The van der Waals surface area contributed by atoms with E-state index in [1.807, 2.05) is 48.5 Å². The van der Waals surface area contributed by atoms with Gasteiger partial charge in [-0.3, -0.25) is 4.79 Å². The van der Waals surface area contributed by atoms with E-state index in [0.29, 0.717) is 10.9 Å². The summed E-state index contributed by atoms with van der Waals surface area (Å²) in [5, 5.41) is 12.0. The second-order valence-electron chi connectivity index (χ2n) is 4.56. The molecular weight excluding hydrogens is 350 g/mol. The van der Waals surface area contributed by atoms with E-state index in [2.05, 4.69) is 15.5 Å². The Morgan fingerprint density at radius 3 is 2.61 bits per heavy atom. The molecule has 1 amide bonds. The Morgan fingerprint density at radius 2 is 1.87 bits per heavy atom. The molecule has 0 saturated carbocycles. The van der Waals surface area contributed by atoms with Gasteiger partial charge in [0.05, 0.1) is 17.0 Å². The lowest BCUT2D eigenvalue weighted by molar-refractivity contribution is -0.116. The Morgan fingerprint density at radius 1 is 1.13 bits per heavy atom. The number of hydrogen-bond donors (Lipinski definition) is 1. The van der Waals surface area contributed by atoms with Crippen LogP contribution in [0.3, 0.4) is 0 Å². The Balaban J connectivity index is 1.78.